The minimum Gasteiger partial charge on any atom is -0.494 e. The number of carbonyl (C=O) groups excluding carboxylic acids is 6. The first-order valence-electron chi connectivity index (χ1n) is 28.9. The highest BCUT2D eigenvalue weighted by molar-refractivity contribution is 7.22. The summed E-state index contributed by atoms with van der Waals surface area (Å²) in [6.45, 7) is 13.4. The summed E-state index contributed by atoms with van der Waals surface area (Å²) in [5.74, 6) is -0.653. The lowest BCUT2D eigenvalue weighted by atomic mass is 9.79. The van der Waals surface area contributed by atoms with E-state index < -0.39 is 23.8 Å². The number of para-hydroxylation sites is 1. The Hall–Kier alpha value is -7.66. The Morgan fingerprint density at radius 1 is 0.585 bits per heavy atom. The zero-order valence-electron chi connectivity index (χ0n) is 47.3. The van der Waals surface area contributed by atoms with Crippen LogP contribution in [0.3, 0.4) is 0 Å². The number of nitrogens with zero attached hydrogens (tertiary/aromatic N) is 3. The Balaban J connectivity index is 0.898. The smallest absolute Gasteiger partial charge is 0.330 e. The van der Waals surface area contributed by atoms with Gasteiger partial charge in [-0.25, -0.2) is 19.6 Å². The fourth-order valence-electron chi connectivity index (χ4n) is 9.83. The van der Waals surface area contributed by atoms with Crippen LogP contribution >= 0.6 is 11.3 Å². The maximum absolute atomic E-state index is 13.9. The number of esters is 5. The molecule has 82 heavy (non-hydrogen) atoms. The zero-order chi connectivity index (χ0) is 58.1. The van der Waals surface area contributed by atoms with Crippen LogP contribution in [-0.2, 0) is 44.7 Å². The number of benzene rings is 4. The Morgan fingerprint density at radius 3 is 1.60 bits per heavy atom. The van der Waals surface area contributed by atoms with Crippen LogP contribution in [0.15, 0.2) is 121 Å². The number of hydrogen-bond donors (Lipinski definition) is 0. The van der Waals surface area contributed by atoms with Gasteiger partial charge in [-0.05, 0) is 181 Å². The van der Waals surface area contributed by atoms with Gasteiger partial charge in [-0.3, -0.25) is 19.2 Å². The number of Topliss-reactive ketones (excluding diaryl/α,β-unsaturated/α-hetero) is 1. The topological polar surface area (TPSA) is 196 Å². The van der Waals surface area contributed by atoms with Gasteiger partial charge < -0.3 is 33.2 Å². The van der Waals surface area contributed by atoms with Crippen LogP contribution in [0.1, 0.15) is 128 Å². The van der Waals surface area contributed by atoms with Gasteiger partial charge in [0.1, 0.15) is 34.5 Å². The van der Waals surface area contributed by atoms with E-state index in [0.29, 0.717) is 113 Å². The van der Waals surface area contributed by atoms with E-state index in [1.54, 1.807) is 48.7 Å². The average Bonchev–Trinajstić information content (AvgIpc) is 4.06. The molecule has 4 aromatic carbocycles. The highest BCUT2D eigenvalue weighted by atomic mass is 32.1. The molecule has 0 atom stereocenters. The van der Waals surface area contributed by atoms with Crippen molar-refractivity contribution in [3.05, 3.63) is 127 Å². The number of rotatable bonds is 32. The highest BCUT2D eigenvalue weighted by Crippen LogP contribution is 2.36. The summed E-state index contributed by atoms with van der Waals surface area (Å²) in [5, 5.41) is 7.41. The van der Waals surface area contributed by atoms with Gasteiger partial charge in [-0.1, -0.05) is 62.6 Å². The van der Waals surface area contributed by atoms with E-state index in [1.165, 1.54) is 11.3 Å². The molecular formula is C65H77N3O13S. The van der Waals surface area contributed by atoms with Crippen LogP contribution in [0.25, 0.3) is 10.2 Å². The normalized spacial score (nSPS) is 16.9. The molecule has 0 radical (unpaired) electrons. The maximum Gasteiger partial charge on any atom is 0.330 e. The third-order valence-electron chi connectivity index (χ3n) is 14.5. The molecule has 0 unspecified atom stereocenters. The molecule has 16 nitrogen and oxygen atoms in total. The van der Waals surface area contributed by atoms with Gasteiger partial charge in [0.2, 0.25) is 5.13 Å². The molecule has 1 aromatic heterocycles. The minimum atomic E-state index is -0.457. The molecule has 0 amide bonds. The van der Waals surface area contributed by atoms with Crippen molar-refractivity contribution in [3.63, 3.8) is 0 Å². The minimum absolute atomic E-state index is 0.147. The molecule has 0 spiro atoms. The van der Waals surface area contributed by atoms with E-state index in [0.717, 1.165) is 85.0 Å². The fraction of sp³-hybridized carbons (Fsp3) is 0.446. The summed E-state index contributed by atoms with van der Waals surface area (Å²) in [4.78, 5) is 81.6. The Bertz CT molecular complexity index is 2900. The molecule has 0 saturated heterocycles. The summed E-state index contributed by atoms with van der Waals surface area (Å²) in [6.07, 6.45) is 15.2. The molecule has 0 bridgehead atoms. The second-order valence-corrected chi connectivity index (χ2v) is 22.3. The number of ether oxygens (including phenoxy) is 7. The molecule has 0 aliphatic heterocycles. The number of hydrogen-bond acceptors (Lipinski definition) is 17. The van der Waals surface area contributed by atoms with Crippen LogP contribution < -0.4 is 28.7 Å². The molecule has 5 aromatic rings. The zero-order valence-corrected chi connectivity index (χ0v) is 48.1. The average molecular weight is 1140 g/mol. The summed E-state index contributed by atoms with van der Waals surface area (Å²) in [6, 6.07) is 27.3. The maximum atomic E-state index is 13.9. The number of anilines is 1. The first-order chi connectivity index (χ1) is 39.8. The van der Waals surface area contributed by atoms with Gasteiger partial charge in [0.25, 0.3) is 0 Å². The monoisotopic (exact) mass is 1140 g/mol. The number of aromatic nitrogens is 1. The number of fused-ring (bicyclic) bond motifs is 1. The molecule has 2 aliphatic rings. The van der Waals surface area contributed by atoms with Crippen molar-refractivity contribution in [1.29, 1.82) is 0 Å². The Morgan fingerprint density at radius 2 is 1.06 bits per heavy atom. The molecular weight excluding hydrogens is 1060 g/mol. The van der Waals surface area contributed by atoms with Crippen molar-refractivity contribution in [1.82, 2.24) is 4.98 Å². The number of carbonyl (C=O) groups is 6. The molecule has 0 N–H and O–H groups in total. The lowest BCUT2D eigenvalue weighted by molar-refractivity contribution is -0.145. The van der Waals surface area contributed by atoms with Crippen molar-refractivity contribution >= 4 is 68.5 Å². The number of unbranched alkanes of at least 4 members (excludes halogenated alkanes) is 6. The van der Waals surface area contributed by atoms with Crippen LogP contribution in [0, 0.1) is 29.6 Å². The SMILES string of the molecule is C=CC(=O)OCCCCCCOc1ccc(CC(=O)C2CCC(C(=O)Oc3ccc(OC(=O)C4CCC(C(=O)Oc5ccc(OCCCCCCOC(=O)C=C)cc5)CC4)c(/C=N/N(CC(C)C)c4nc5ccccc5s4)c3)CC2)cc1. The second-order valence-electron chi connectivity index (χ2n) is 21.3. The third-order valence-corrected chi connectivity index (χ3v) is 15.5. The number of ketones is 1. The summed E-state index contributed by atoms with van der Waals surface area (Å²) >= 11 is 1.52. The number of hydrazone groups is 1. The van der Waals surface area contributed by atoms with Crippen molar-refractivity contribution in [3.8, 4) is 28.7 Å². The molecule has 436 valence electrons. The molecule has 2 saturated carbocycles. The van der Waals surface area contributed by atoms with Crippen LogP contribution in [0.4, 0.5) is 5.13 Å². The molecule has 2 aliphatic carbocycles. The lowest BCUT2D eigenvalue weighted by Crippen LogP contribution is -2.30. The Labute approximate surface area is 485 Å². The molecule has 1 heterocycles. The van der Waals surface area contributed by atoms with Gasteiger partial charge in [-0.2, -0.15) is 5.10 Å². The summed E-state index contributed by atoms with van der Waals surface area (Å²) in [7, 11) is 0. The van der Waals surface area contributed by atoms with Gasteiger partial charge >= 0.3 is 29.8 Å². The quantitative estimate of drug-likeness (QED) is 0.00984. The van der Waals surface area contributed by atoms with Crippen molar-refractivity contribution in [2.45, 2.75) is 123 Å². The van der Waals surface area contributed by atoms with Crippen LogP contribution in [0.2, 0.25) is 0 Å². The van der Waals surface area contributed by atoms with E-state index in [2.05, 4.69) is 27.0 Å². The third kappa shape index (κ3) is 20.1. The fourth-order valence-corrected chi connectivity index (χ4v) is 10.8. The first kappa shape index (κ1) is 61.9. The predicted octanol–water partition coefficient (Wildman–Crippen LogP) is 13.0. The van der Waals surface area contributed by atoms with E-state index >= 15 is 0 Å². The van der Waals surface area contributed by atoms with Gasteiger partial charge in [0.15, 0.2) is 0 Å². The van der Waals surface area contributed by atoms with E-state index in [4.69, 9.17) is 43.2 Å². The van der Waals surface area contributed by atoms with Crippen molar-refractivity contribution in [2.24, 2.45) is 34.7 Å². The van der Waals surface area contributed by atoms with Crippen molar-refractivity contribution < 1.29 is 61.9 Å². The van der Waals surface area contributed by atoms with Gasteiger partial charge in [0.05, 0.1) is 60.6 Å². The van der Waals surface area contributed by atoms with E-state index in [1.807, 2.05) is 53.5 Å². The summed E-state index contributed by atoms with van der Waals surface area (Å²) < 4.78 is 40.7. The Kier molecular flexibility index (Phi) is 24.7. The van der Waals surface area contributed by atoms with Crippen LogP contribution in [-0.4, -0.2) is 79.8 Å². The van der Waals surface area contributed by atoms with Gasteiger partial charge in [0, 0.05) is 36.6 Å². The van der Waals surface area contributed by atoms with E-state index in [-0.39, 0.29) is 52.9 Å². The van der Waals surface area contributed by atoms with Crippen LogP contribution in [0.5, 0.6) is 28.7 Å². The predicted molar refractivity (Wildman–Crippen MR) is 315 cm³/mol. The number of thiazole rings is 1. The first-order valence-corrected chi connectivity index (χ1v) is 29.7. The van der Waals surface area contributed by atoms with Gasteiger partial charge in [-0.15, -0.1) is 0 Å². The summed E-state index contributed by atoms with van der Waals surface area (Å²) in [5.41, 5.74) is 2.20. The largest absolute Gasteiger partial charge is 0.494 e. The van der Waals surface area contributed by atoms with E-state index in [9.17, 15) is 28.8 Å². The van der Waals surface area contributed by atoms with Crippen molar-refractivity contribution in [2.75, 3.05) is 38.0 Å². The second kappa shape index (κ2) is 32.7. The molecule has 2 fully saturated rings. The standard InChI is InChI=1S/C65H77N3O13S/c1-5-60(70)77-39-15-9-7-13-37-75-52-29-19-46(20-30-52)41-57(69)47-21-23-48(24-22-47)63(73)80-55-35-36-58(51(42-55)43-66-68(44-45(3)4)65-67-56-17-11-12-18-59(56)82-65)81-64(74)50-27-25-49(26-28-50)62(72)79-54-33-31-53(32-34-54)76-38-14-8-10-16-40-78-61(71)6-2/h5-6,11-12,17-20,29-36,42-43,45,47-50H,1-2,7-10,13-16,21-28,37-41,44H2,3-4H3/b66-43+. The lowest BCUT2D eigenvalue weighted by Gasteiger charge is -2.26. The highest BCUT2D eigenvalue weighted by Gasteiger charge is 2.34. The molecule has 7 rings (SSSR count). The molecule has 17 heteroatoms.